The Morgan fingerprint density at radius 1 is 1.13 bits per heavy atom. The highest BCUT2D eigenvalue weighted by Crippen LogP contribution is 2.31. The molecule has 1 atom stereocenters. The summed E-state index contributed by atoms with van der Waals surface area (Å²) < 4.78 is 6.48. The molecule has 15 heteroatoms. The molecule has 5 aromatic rings. The van der Waals surface area contributed by atoms with Crippen LogP contribution in [0.1, 0.15) is 38.6 Å². The second-order valence-electron chi connectivity index (χ2n) is 10.5. The molecule has 1 fully saturated rings. The maximum Gasteiger partial charge on any atom is 0.198 e. The summed E-state index contributed by atoms with van der Waals surface area (Å²) in [5.41, 5.74) is 2.23. The van der Waals surface area contributed by atoms with Gasteiger partial charge < -0.3 is 31.0 Å². The summed E-state index contributed by atoms with van der Waals surface area (Å²) in [6.07, 6.45) is 1.88. The van der Waals surface area contributed by atoms with Crippen LogP contribution in [0.4, 0.5) is 23.0 Å². The number of rotatable bonds is 6. The van der Waals surface area contributed by atoms with Crippen LogP contribution in [0.15, 0.2) is 35.1 Å². The Hall–Kier alpha value is -4.31. The van der Waals surface area contributed by atoms with Gasteiger partial charge >= 0.3 is 0 Å². The third-order valence-corrected chi connectivity index (χ3v) is 6.58. The van der Waals surface area contributed by atoms with Crippen molar-refractivity contribution >= 4 is 45.2 Å². The van der Waals surface area contributed by atoms with E-state index in [1.54, 1.807) is 23.0 Å². The van der Waals surface area contributed by atoms with E-state index in [4.69, 9.17) is 14.6 Å². The fourth-order valence-corrected chi connectivity index (χ4v) is 4.54. The Kier molecular flexibility index (Phi) is 6.06. The van der Waals surface area contributed by atoms with Gasteiger partial charge in [-0.1, -0.05) is 32.1 Å². The van der Waals surface area contributed by atoms with Crippen LogP contribution in [0.25, 0.3) is 22.2 Å². The molecule has 0 spiro atoms. The minimum atomic E-state index is -1.38. The molecule has 0 aliphatic carbocycles. The summed E-state index contributed by atoms with van der Waals surface area (Å²) in [5.74, 6) is 1.80. The van der Waals surface area contributed by atoms with Gasteiger partial charge in [0.2, 0.25) is 0 Å². The summed E-state index contributed by atoms with van der Waals surface area (Å²) in [7, 11) is 0. The van der Waals surface area contributed by atoms with Gasteiger partial charge in [-0.3, -0.25) is 0 Å². The van der Waals surface area contributed by atoms with Crippen molar-refractivity contribution in [2.75, 3.05) is 23.3 Å². The van der Waals surface area contributed by atoms with Gasteiger partial charge in [-0.2, -0.15) is 0 Å². The maximum absolute atomic E-state index is 11.4. The number of aromatic nitrogens is 8. The molecule has 0 saturated carbocycles. The lowest BCUT2D eigenvalue weighted by atomic mass is 9.96. The van der Waals surface area contributed by atoms with E-state index in [1.807, 2.05) is 31.7 Å². The van der Waals surface area contributed by atoms with E-state index in [1.165, 1.54) is 6.07 Å². The summed E-state index contributed by atoms with van der Waals surface area (Å²) in [5, 5.41) is 51.2. The lowest BCUT2D eigenvalue weighted by Crippen LogP contribution is -2.96. The number of β-amino-alcohol motifs (C(OH)–C–C–N with tert-alkyl or cyclic N) is 1. The lowest BCUT2D eigenvalue weighted by Gasteiger charge is -2.24. The van der Waals surface area contributed by atoms with Gasteiger partial charge in [0.15, 0.2) is 33.7 Å². The Labute approximate surface area is 221 Å². The number of fused-ring (bicyclic) bond motifs is 2. The van der Waals surface area contributed by atoms with Crippen molar-refractivity contribution in [2.24, 2.45) is 0 Å². The standard InChI is InChI=1S/C24H26N11O4/c1-24(2,3)23-27-21(33-10-8-14(36)12-33)19-22(28-23)34(32-29-19)11-13-5-4-9-25-20(13)26-15-6-7-16(35(37)38)18-17(15)30-39-31-18/h4-7,9,14,35-36H,8,10-12H2,1-3H3,(H,25,26)/q-1/t14-/m0/s1. The number of benzene rings is 1. The molecule has 202 valence electrons. The monoisotopic (exact) mass is 532 g/mol. The van der Waals surface area contributed by atoms with E-state index in [2.05, 4.69) is 30.9 Å². The molecular weight excluding hydrogens is 506 g/mol. The first kappa shape index (κ1) is 25.0. The van der Waals surface area contributed by atoms with Crippen molar-refractivity contribution < 1.29 is 15.0 Å². The smallest absolute Gasteiger partial charge is 0.198 e. The molecule has 0 amide bonds. The van der Waals surface area contributed by atoms with Gasteiger partial charge in [0.25, 0.3) is 0 Å². The normalized spacial score (nSPS) is 16.2. The van der Waals surface area contributed by atoms with Gasteiger partial charge in [-0.15, -0.1) is 5.10 Å². The van der Waals surface area contributed by atoms with E-state index < -0.39 is 11.3 Å². The summed E-state index contributed by atoms with van der Waals surface area (Å²) in [4.78, 5) is 16.2. The van der Waals surface area contributed by atoms with Crippen molar-refractivity contribution in [3.05, 3.63) is 52.3 Å². The van der Waals surface area contributed by atoms with Crippen LogP contribution in [0.3, 0.4) is 0 Å². The van der Waals surface area contributed by atoms with E-state index in [9.17, 15) is 15.5 Å². The number of aliphatic hydroxyl groups excluding tert-OH is 1. The molecule has 1 aromatic carbocycles. The number of aliphatic hydroxyl groups is 1. The topological polar surface area (TPSA) is 194 Å². The molecule has 39 heavy (non-hydrogen) atoms. The lowest BCUT2D eigenvalue weighted by molar-refractivity contribution is -0.714. The molecule has 6 rings (SSSR count). The average Bonchev–Trinajstić information content (AvgIpc) is 3.64. The Balaban J connectivity index is 1.38. The minimum absolute atomic E-state index is 0.0747. The molecule has 1 aliphatic heterocycles. The van der Waals surface area contributed by atoms with Gasteiger partial charge in [0.1, 0.15) is 11.6 Å². The Morgan fingerprint density at radius 3 is 2.69 bits per heavy atom. The van der Waals surface area contributed by atoms with Crippen molar-refractivity contribution in [3.63, 3.8) is 0 Å². The fourth-order valence-electron chi connectivity index (χ4n) is 4.54. The second-order valence-corrected chi connectivity index (χ2v) is 10.5. The zero-order chi connectivity index (χ0) is 27.3. The van der Waals surface area contributed by atoms with Crippen LogP contribution in [0.2, 0.25) is 0 Å². The van der Waals surface area contributed by atoms with Crippen LogP contribution >= 0.6 is 0 Å². The number of anilines is 3. The first-order valence-corrected chi connectivity index (χ1v) is 12.4. The molecule has 0 bridgehead atoms. The Bertz CT molecular complexity index is 1660. The van der Waals surface area contributed by atoms with Crippen LogP contribution in [0.5, 0.6) is 0 Å². The van der Waals surface area contributed by atoms with E-state index >= 15 is 0 Å². The minimum Gasteiger partial charge on any atom is -0.628 e. The van der Waals surface area contributed by atoms with Crippen LogP contribution in [0, 0.1) is 10.4 Å². The van der Waals surface area contributed by atoms with E-state index in [0.29, 0.717) is 53.8 Å². The average molecular weight is 533 g/mol. The summed E-state index contributed by atoms with van der Waals surface area (Å²) in [6, 6.07) is 6.62. The number of nitrogens with zero attached hydrogens (tertiary/aromatic N) is 9. The number of pyridine rings is 1. The highest BCUT2D eigenvalue weighted by Gasteiger charge is 2.29. The van der Waals surface area contributed by atoms with Crippen molar-refractivity contribution in [3.8, 4) is 0 Å². The molecule has 1 aliphatic rings. The number of quaternary nitrogens is 1. The first-order valence-electron chi connectivity index (χ1n) is 12.4. The third kappa shape index (κ3) is 4.61. The molecular formula is C24H26N11O4-. The number of hydrogen-bond acceptors (Lipinski definition) is 13. The van der Waals surface area contributed by atoms with Gasteiger partial charge in [0.05, 0.1) is 18.3 Å². The maximum atomic E-state index is 11.4. The third-order valence-electron chi connectivity index (χ3n) is 6.58. The molecule has 0 radical (unpaired) electrons. The molecule has 5 heterocycles. The van der Waals surface area contributed by atoms with Crippen molar-refractivity contribution in [1.82, 2.24) is 40.3 Å². The molecule has 15 nitrogen and oxygen atoms in total. The predicted molar refractivity (Wildman–Crippen MR) is 140 cm³/mol. The van der Waals surface area contributed by atoms with Crippen LogP contribution in [-0.2, 0) is 12.0 Å². The van der Waals surface area contributed by atoms with Gasteiger partial charge in [0, 0.05) is 36.3 Å². The van der Waals surface area contributed by atoms with Gasteiger partial charge in [-0.05, 0) is 28.9 Å². The quantitative estimate of drug-likeness (QED) is 0.265. The summed E-state index contributed by atoms with van der Waals surface area (Å²) in [6.45, 7) is 7.55. The molecule has 4 aromatic heterocycles. The highest BCUT2D eigenvalue weighted by atomic mass is 16.8. The largest absolute Gasteiger partial charge is 0.628 e. The SMILES string of the molecule is CC(C)(C)c1nc(N2CC[C@H](O)C2)c2nnn(Cc3cccnc3Nc3ccc([NH+]([O-])[O-])c4nonc34)c2n1. The zero-order valence-corrected chi connectivity index (χ0v) is 21.5. The Morgan fingerprint density at radius 2 is 1.95 bits per heavy atom. The second kappa shape index (κ2) is 9.46. The van der Waals surface area contributed by atoms with Gasteiger partial charge in [-0.25, -0.2) is 24.3 Å². The highest BCUT2D eigenvalue weighted by molar-refractivity contribution is 5.94. The van der Waals surface area contributed by atoms with Crippen molar-refractivity contribution in [2.45, 2.75) is 45.3 Å². The predicted octanol–water partition coefficient (Wildman–Crippen LogP) is 1.32. The number of hydrogen-bond donors (Lipinski definition) is 3. The van der Waals surface area contributed by atoms with E-state index in [0.717, 1.165) is 5.56 Å². The zero-order valence-electron chi connectivity index (χ0n) is 21.5. The van der Waals surface area contributed by atoms with Crippen LogP contribution in [-0.4, -0.2) is 64.6 Å². The van der Waals surface area contributed by atoms with Crippen molar-refractivity contribution in [1.29, 1.82) is 0 Å². The van der Waals surface area contributed by atoms with E-state index in [-0.39, 0.29) is 28.7 Å². The molecule has 3 N–H and O–H groups in total. The number of nitrogens with one attached hydrogen (secondary N) is 2. The summed E-state index contributed by atoms with van der Waals surface area (Å²) >= 11 is 0. The fraction of sp³-hybridized carbons (Fsp3) is 0.375. The molecule has 1 saturated heterocycles. The molecule has 0 unspecified atom stereocenters. The first-order chi connectivity index (χ1) is 18.7. The van der Waals surface area contributed by atoms with Crippen LogP contribution < -0.4 is 15.4 Å².